The minimum atomic E-state index is -3.15. The molecule has 0 unspecified atom stereocenters. The molecule has 1 aromatic heterocycles. The van der Waals surface area contributed by atoms with Gasteiger partial charge in [-0.2, -0.15) is 5.10 Å². The van der Waals surface area contributed by atoms with Crippen molar-refractivity contribution < 1.29 is 13.2 Å². The van der Waals surface area contributed by atoms with Crippen molar-refractivity contribution in [3.8, 4) is 11.3 Å². The van der Waals surface area contributed by atoms with Crippen LogP contribution in [0.4, 0.5) is 0 Å². The highest BCUT2D eigenvalue weighted by Crippen LogP contribution is 2.20. The van der Waals surface area contributed by atoms with Crippen LogP contribution in [0.3, 0.4) is 0 Å². The fourth-order valence-electron chi connectivity index (χ4n) is 3.42. The molecule has 7 nitrogen and oxygen atoms in total. The van der Waals surface area contributed by atoms with E-state index in [0.29, 0.717) is 32.5 Å². The Morgan fingerprint density at radius 1 is 1.19 bits per heavy atom. The SMILES string of the molecule is Cn1nccc1-c1ccc(CCNC(=O)C2CCN(S(C)(=O)=O)CC2)cc1. The highest BCUT2D eigenvalue weighted by atomic mass is 32.2. The molecule has 146 valence electrons. The molecule has 1 aliphatic heterocycles. The molecule has 1 aromatic carbocycles. The molecule has 2 heterocycles. The normalized spacial score (nSPS) is 16.4. The number of rotatable bonds is 6. The van der Waals surface area contributed by atoms with Crippen molar-refractivity contribution in [2.75, 3.05) is 25.9 Å². The van der Waals surface area contributed by atoms with Crippen LogP contribution in [0.5, 0.6) is 0 Å². The lowest BCUT2D eigenvalue weighted by Crippen LogP contribution is -2.42. The predicted octanol–water partition coefficient (Wildman–Crippen LogP) is 1.42. The standard InChI is InChI=1S/C19H26N4O3S/c1-22-18(8-12-21-22)16-5-3-15(4-6-16)7-11-20-19(24)17-9-13-23(14-10-17)27(2,25)26/h3-6,8,12,17H,7,9-11,13-14H2,1-2H3,(H,20,24). The lowest BCUT2D eigenvalue weighted by molar-refractivity contribution is -0.126. The summed E-state index contributed by atoms with van der Waals surface area (Å²) in [6.07, 6.45) is 4.92. The van der Waals surface area contributed by atoms with E-state index in [1.54, 1.807) is 6.20 Å². The summed E-state index contributed by atoms with van der Waals surface area (Å²) in [6.45, 7) is 1.43. The van der Waals surface area contributed by atoms with E-state index in [4.69, 9.17) is 0 Å². The average molecular weight is 391 g/mol. The monoisotopic (exact) mass is 390 g/mol. The van der Waals surface area contributed by atoms with Gasteiger partial charge >= 0.3 is 0 Å². The third-order valence-corrected chi connectivity index (χ3v) is 6.38. The van der Waals surface area contributed by atoms with E-state index in [1.165, 1.54) is 10.6 Å². The first kappa shape index (κ1) is 19.6. The number of nitrogens with zero attached hydrogens (tertiary/aromatic N) is 3. The van der Waals surface area contributed by atoms with Gasteiger partial charge in [0, 0.05) is 38.8 Å². The van der Waals surface area contributed by atoms with Gasteiger partial charge in [0.2, 0.25) is 15.9 Å². The van der Waals surface area contributed by atoms with Gasteiger partial charge in [-0.15, -0.1) is 0 Å². The maximum atomic E-state index is 12.3. The largest absolute Gasteiger partial charge is 0.356 e. The van der Waals surface area contributed by atoms with Gasteiger partial charge in [-0.1, -0.05) is 24.3 Å². The number of amides is 1. The van der Waals surface area contributed by atoms with E-state index < -0.39 is 10.0 Å². The number of benzene rings is 1. The van der Waals surface area contributed by atoms with Crippen LogP contribution in [0.25, 0.3) is 11.3 Å². The van der Waals surface area contributed by atoms with Crippen molar-refractivity contribution in [3.63, 3.8) is 0 Å². The average Bonchev–Trinajstić information content (AvgIpc) is 3.07. The summed E-state index contributed by atoms with van der Waals surface area (Å²) < 4.78 is 26.3. The van der Waals surface area contributed by atoms with Gasteiger partial charge in [-0.25, -0.2) is 12.7 Å². The van der Waals surface area contributed by atoms with E-state index in [1.807, 2.05) is 17.8 Å². The number of hydrogen-bond acceptors (Lipinski definition) is 4. The van der Waals surface area contributed by atoms with Gasteiger partial charge in [-0.3, -0.25) is 9.48 Å². The molecule has 2 aromatic rings. The number of nitrogens with one attached hydrogen (secondary N) is 1. The molecule has 0 saturated carbocycles. The van der Waals surface area contributed by atoms with Crippen molar-refractivity contribution in [2.24, 2.45) is 13.0 Å². The molecular weight excluding hydrogens is 364 g/mol. The predicted molar refractivity (Wildman–Crippen MR) is 104 cm³/mol. The van der Waals surface area contributed by atoms with Gasteiger partial charge in [0.25, 0.3) is 0 Å². The van der Waals surface area contributed by atoms with E-state index in [9.17, 15) is 13.2 Å². The molecule has 1 fully saturated rings. The quantitative estimate of drug-likeness (QED) is 0.808. The summed E-state index contributed by atoms with van der Waals surface area (Å²) in [4.78, 5) is 12.3. The summed E-state index contributed by atoms with van der Waals surface area (Å²) in [7, 11) is -1.24. The first-order valence-corrected chi connectivity index (χ1v) is 11.0. The fourth-order valence-corrected chi connectivity index (χ4v) is 4.30. The summed E-state index contributed by atoms with van der Waals surface area (Å²) in [6, 6.07) is 10.2. The van der Waals surface area contributed by atoms with Crippen molar-refractivity contribution in [3.05, 3.63) is 42.1 Å². The second-order valence-corrected chi connectivity index (χ2v) is 9.00. The van der Waals surface area contributed by atoms with E-state index in [2.05, 4.69) is 34.7 Å². The number of carbonyl (C=O) groups is 1. The summed E-state index contributed by atoms with van der Waals surface area (Å²) in [5, 5.41) is 7.16. The maximum Gasteiger partial charge on any atom is 0.223 e. The van der Waals surface area contributed by atoms with Gasteiger partial charge in [0.1, 0.15) is 0 Å². The Bertz CT molecular complexity index is 882. The van der Waals surface area contributed by atoms with E-state index in [-0.39, 0.29) is 11.8 Å². The summed E-state index contributed by atoms with van der Waals surface area (Å²) in [5.74, 6) is -0.0788. The highest BCUT2D eigenvalue weighted by Gasteiger charge is 2.28. The van der Waals surface area contributed by atoms with Crippen LogP contribution in [-0.2, 0) is 28.3 Å². The van der Waals surface area contributed by atoms with Gasteiger partial charge in [0.15, 0.2) is 0 Å². The molecule has 0 atom stereocenters. The zero-order valence-electron chi connectivity index (χ0n) is 15.8. The third kappa shape index (κ3) is 4.95. The smallest absolute Gasteiger partial charge is 0.223 e. The second-order valence-electron chi connectivity index (χ2n) is 7.01. The third-order valence-electron chi connectivity index (χ3n) is 5.08. The Morgan fingerprint density at radius 3 is 2.41 bits per heavy atom. The van der Waals surface area contributed by atoms with E-state index in [0.717, 1.165) is 23.2 Å². The molecule has 3 rings (SSSR count). The van der Waals surface area contributed by atoms with Crippen molar-refractivity contribution in [2.45, 2.75) is 19.3 Å². The molecule has 1 aliphatic rings. The number of hydrogen-bond donors (Lipinski definition) is 1. The number of carbonyl (C=O) groups excluding carboxylic acids is 1. The zero-order valence-corrected chi connectivity index (χ0v) is 16.6. The van der Waals surface area contributed by atoms with Crippen LogP contribution in [0.1, 0.15) is 18.4 Å². The van der Waals surface area contributed by atoms with Crippen molar-refractivity contribution >= 4 is 15.9 Å². The number of piperidine rings is 1. The van der Waals surface area contributed by atoms with Crippen LogP contribution in [0.15, 0.2) is 36.5 Å². The molecule has 27 heavy (non-hydrogen) atoms. The summed E-state index contributed by atoms with van der Waals surface area (Å²) in [5.41, 5.74) is 3.34. The Balaban J connectivity index is 1.45. The molecular formula is C19H26N4O3S. The van der Waals surface area contributed by atoms with Crippen LogP contribution in [0, 0.1) is 5.92 Å². The van der Waals surface area contributed by atoms with Crippen molar-refractivity contribution in [1.82, 2.24) is 19.4 Å². The van der Waals surface area contributed by atoms with Crippen LogP contribution < -0.4 is 5.32 Å². The van der Waals surface area contributed by atoms with E-state index >= 15 is 0 Å². The minimum Gasteiger partial charge on any atom is -0.356 e. The zero-order chi connectivity index (χ0) is 19.4. The maximum absolute atomic E-state index is 12.3. The van der Waals surface area contributed by atoms with Gasteiger partial charge < -0.3 is 5.32 Å². The van der Waals surface area contributed by atoms with Crippen LogP contribution in [-0.4, -0.2) is 54.3 Å². The second kappa shape index (κ2) is 8.22. The Kier molecular flexibility index (Phi) is 5.96. The topological polar surface area (TPSA) is 84.3 Å². The summed E-state index contributed by atoms with van der Waals surface area (Å²) >= 11 is 0. The molecule has 0 radical (unpaired) electrons. The number of sulfonamides is 1. The number of aryl methyl sites for hydroxylation is 1. The molecule has 0 spiro atoms. The fraction of sp³-hybridized carbons (Fsp3) is 0.474. The minimum absolute atomic E-state index is 0.0228. The van der Waals surface area contributed by atoms with Gasteiger partial charge in [0.05, 0.1) is 11.9 Å². The molecule has 1 amide bonds. The highest BCUT2D eigenvalue weighted by molar-refractivity contribution is 7.88. The van der Waals surface area contributed by atoms with Crippen LogP contribution in [0.2, 0.25) is 0 Å². The molecule has 0 bridgehead atoms. The molecule has 1 saturated heterocycles. The first-order valence-electron chi connectivity index (χ1n) is 9.15. The first-order chi connectivity index (χ1) is 12.8. The Morgan fingerprint density at radius 2 is 1.85 bits per heavy atom. The lowest BCUT2D eigenvalue weighted by atomic mass is 9.97. The molecule has 8 heteroatoms. The number of aromatic nitrogens is 2. The van der Waals surface area contributed by atoms with Crippen molar-refractivity contribution in [1.29, 1.82) is 0 Å². The van der Waals surface area contributed by atoms with Crippen LogP contribution >= 0.6 is 0 Å². The lowest BCUT2D eigenvalue weighted by Gasteiger charge is -2.29. The van der Waals surface area contributed by atoms with Gasteiger partial charge in [-0.05, 0) is 36.5 Å². The molecule has 0 aliphatic carbocycles. The Hall–Kier alpha value is -2.19. The molecule has 1 N–H and O–H groups in total. The Labute approximate surface area is 160 Å².